The van der Waals surface area contributed by atoms with Crippen molar-refractivity contribution in [1.82, 2.24) is 15.5 Å². The summed E-state index contributed by atoms with van der Waals surface area (Å²) in [5.74, 6) is -3.79. The number of nitrogens with zero attached hydrogens (tertiary/aromatic N) is 1. The van der Waals surface area contributed by atoms with Gasteiger partial charge < -0.3 is 10.2 Å². The average molecular weight is 369 g/mol. The Morgan fingerprint density at radius 3 is 2.42 bits per heavy atom. The van der Waals surface area contributed by atoms with Gasteiger partial charge in [0.1, 0.15) is 5.82 Å². The molecule has 5 nitrogen and oxygen atoms in total. The predicted molar refractivity (Wildman–Crippen MR) is 88.9 cm³/mol. The Morgan fingerprint density at radius 2 is 1.85 bits per heavy atom. The molecule has 0 radical (unpaired) electrons. The molecule has 2 fully saturated rings. The first-order valence-electron chi connectivity index (χ1n) is 8.76. The van der Waals surface area contributed by atoms with E-state index in [0.717, 1.165) is 5.56 Å². The summed E-state index contributed by atoms with van der Waals surface area (Å²) in [6.45, 7) is 0.624. The number of nitrogens with one attached hydrogen (secondary N) is 2. The summed E-state index contributed by atoms with van der Waals surface area (Å²) in [7, 11) is 0. The van der Waals surface area contributed by atoms with Crippen molar-refractivity contribution in [1.29, 1.82) is 0 Å². The van der Waals surface area contributed by atoms with E-state index in [1.165, 1.54) is 12.1 Å². The molecule has 26 heavy (non-hydrogen) atoms. The fraction of sp³-hybridized carbons (Fsp3) is 0.556. The molecule has 2 N–H and O–H groups in total. The molecule has 2 aliphatic rings. The standard InChI is InChI=1S/C18H22F3N3O2/c19-14-3-1-12(2-4-14)10-22-16(25)13-5-7-24(8-6-13)17(26)15-9-18(20,21)11-23-15/h1-4,13,15,23H,5-11H2,(H,22,25). The maximum absolute atomic E-state index is 13.2. The van der Waals surface area contributed by atoms with Crippen LogP contribution in [0.5, 0.6) is 0 Å². The van der Waals surface area contributed by atoms with Crippen LogP contribution in [0.3, 0.4) is 0 Å². The normalized spacial score (nSPS) is 23.0. The maximum atomic E-state index is 13.2. The number of likely N-dealkylation sites (tertiary alicyclic amines) is 1. The Kier molecular flexibility index (Phi) is 5.50. The number of hydrogen-bond acceptors (Lipinski definition) is 3. The van der Waals surface area contributed by atoms with E-state index in [4.69, 9.17) is 0 Å². The zero-order valence-corrected chi connectivity index (χ0v) is 14.3. The lowest BCUT2D eigenvalue weighted by Gasteiger charge is -2.33. The van der Waals surface area contributed by atoms with Crippen molar-refractivity contribution in [3.05, 3.63) is 35.6 Å². The van der Waals surface area contributed by atoms with Crippen LogP contribution in [0.1, 0.15) is 24.8 Å². The van der Waals surface area contributed by atoms with Gasteiger partial charge in [-0.1, -0.05) is 12.1 Å². The second-order valence-electron chi connectivity index (χ2n) is 6.94. The van der Waals surface area contributed by atoms with Crippen molar-refractivity contribution in [2.45, 2.75) is 37.8 Å². The number of carbonyl (C=O) groups excluding carboxylic acids is 2. The van der Waals surface area contributed by atoms with Crippen LogP contribution in [0.4, 0.5) is 13.2 Å². The fourth-order valence-corrected chi connectivity index (χ4v) is 3.41. The van der Waals surface area contributed by atoms with Crippen molar-refractivity contribution in [3.8, 4) is 0 Å². The van der Waals surface area contributed by atoms with E-state index in [1.54, 1.807) is 17.0 Å². The number of alkyl halides is 2. The third-order valence-electron chi connectivity index (χ3n) is 4.97. The molecule has 2 aliphatic heterocycles. The van der Waals surface area contributed by atoms with E-state index in [9.17, 15) is 22.8 Å². The molecule has 1 aromatic carbocycles. The van der Waals surface area contributed by atoms with Crippen LogP contribution in [0.15, 0.2) is 24.3 Å². The molecular formula is C18H22F3N3O2. The SMILES string of the molecule is O=C(NCc1ccc(F)cc1)C1CCN(C(=O)C2CC(F)(F)CN2)CC1. The number of hydrogen-bond donors (Lipinski definition) is 2. The first-order valence-corrected chi connectivity index (χ1v) is 8.76. The van der Waals surface area contributed by atoms with Gasteiger partial charge >= 0.3 is 0 Å². The lowest BCUT2D eigenvalue weighted by molar-refractivity contribution is -0.137. The van der Waals surface area contributed by atoms with Gasteiger partial charge in [-0.2, -0.15) is 0 Å². The van der Waals surface area contributed by atoms with Gasteiger partial charge in [-0.25, -0.2) is 13.2 Å². The van der Waals surface area contributed by atoms with Crippen molar-refractivity contribution in [3.63, 3.8) is 0 Å². The van der Waals surface area contributed by atoms with Gasteiger partial charge in [-0.15, -0.1) is 0 Å². The van der Waals surface area contributed by atoms with Crippen LogP contribution in [-0.4, -0.2) is 48.3 Å². The molecule has 0 spiro atoms. The van der Waals surface area contributed by atoms with Crippen LogP contribution in [0.2, 0.25) is 0 Å². The van der Waals surface area contributed by atoms with Crippen LogP contribution in [0.25, 0.3) is 0 Å². The molecular weight excluding hydrogens is 347 g/mol. The first kappa shape index (κ1) is 18.7. The van der Waals surface area contributed by atoms with E-state index < -0.39 is 24.9 Å². The summed E-state index contributed by atoms with van der Waals surface area (Å²) in [6, 6.07) is 5.06. The third-order valence-corrected chi connectivity index (χ3v) is 4.97. The van der Waals surface area contributed by atoms with Crippen molar-refractivity contribution in [2.75, 3.05) is 19.6 Å². The molecule has 0 aromatic heterocycles. The summed E-state index contributed by atoms with van der Waals surface area (Å²) in [5.41, 5.74) is 0.806. The molecule has 3 rings (SSSR count). The smallest absolute Gasteiger partial charge is 0.262 e. The van der Waals surface area contributed by atoms with Crippen molar-refractivity contribution in [2.24, 2.45) is 5.92 Å². The molecule has 0 aliphatic carbocycles. The molecule has 1 aromatic rings. The molecule has 1 atom stereocenters. The number of benzene rings is 1. The summed E-state index contributed by atoms with van der Waals surface area (Å²) < 4.78 is 39.3. The lowest BCUT2D eigenvalue weighted by Crippen LogP contribution is -2.48. The van der Waals surface area contributed by atoms with Crippen LogP contribution in [0, 0.1) is 11.7 Å². The Labute approximate surface area is 149 Å². The highest BCUT2D eigenvalue weighted by Crippen LogP contribution is 2.27. The van der Waals surface area contributed by atoms with E-state index in [-0.39, 0.29) is 23.5 Å². The summed E-state index contributed by atoms with van der Waals surface area (Å²) in [4.78, 5) is 26.1. The van der Waals surface area contributed by atoms with Gasteiger partial charge in [0, 0.05) is 32.0 Å². The maximum Gasteiger partial charge on any atom is 0.262 e. The van der Waals surface area contributed by atoms with Gasteiger partial charge in [-0.05, 0) is 30.5 Å². The predicted octanol–water partition coefficient (Wildman–Crippen LogP) is 1.68. The minimum atomic E-state index is -2.83. The second-order valence-corrected chi connectivity index (χ2v) is 6.94. The molecule has 2 saturated heterocycles. The minimum Gasteiger partial charge on any atom is -0.352 e. The van der Waals surface area contributed by atoms with E-state index in [0.29, 0.717) is 32.5 Å². The number of halogens is 3. The fourth-order valence-electron chi connectivity index (χ4n) is 3.41. The summed E-state index contributed by atoms with van der Waals surface area (Å²) in [6.07, 6.45) is 0.540. The van der Waals surface area contributed by atoms with E-state index in [2.05, 4.69) is 10.6 Å². The van der Waals surface area contributed by atoms with E-state index in [1.807, 2.05) is 0 Å². The zero-order chi connectivity index (χ0) is 18.7. The number of carbonyl (C=O) groups is 2. The monoisotopic (exact) mass is 369 g/mol. The first-order chi connectivity index (χ1) is 12.3. The molecule has 2 heterocycles. The Balaban J connectivity index is 1.43. The van der Waals surface area contributed by atoms with Crippen LogP contribution >= 0.6 is 0 Å². The van der Waals surface area contributed by atoms with Gasteiger partial charge in [0.2, 0.25) is 11.8 Å². The largest absolute Gasteiger partial charge is 0.352 e. The third kappa shape index (κ3) is 4.55. The number of amides is 2. The number of piperidine rings is 1. The van der Waals surface area contributed by atoms with Gasteiger partial charge in [0.05, 0.1) is 12.6 Å². The topological polar surface area (TPSA) is 61.4 Å². The molecule has 0 saturated carbocycles. The van der Waals surface area contributed by atoms with Crippen LogP contribution < -0.4 is 10.6 Å². The second kappa shape index (κ2) is 7.65. The minimum absolute atomic E-state index is 0.105. The Morgan fingerprint density at radius 1 is 1.19 bits per heavy atom. The molecule has 1 unspecified atom stereocenters. The van der Waals surface area contributed by atoms with Gasteiger partial charge in [0.25, 0.3) is 5.92 Å². The Hall–Kier alpha value is -2.09. The van der Waals surface area contributed by atoms with Crippen molar-refractivity contribution >= 4 is 11.8 Å². The molecule has 0 bridgehead atoms. The quantitative estimate of drug-likeness (QED) is 0.849. The highest BCUT2D eigenvalue weighted by Gasteiger charge is 2.44. The molecule has 142 valence electrons. The average Bonchev–Trinajstić information content (AvgIpc) is 3.00. The van der Waals surface area contributed by atoms with Gasteiger partial charge in [-0.3, -0.25) is 14.9 Å². The van der Waals surface area contributed by atoms with Gasteiger partial charge in [0.15, 0.2) is 0 Å². The summed E-state index contributed by atoms with van der Waals surface area (Å²) >= 11 is 0. The molecule has 2 amide bonds. The van der Waals surface area contributed by atoms with Crippen molar-refractivity contribution < 1.29 is 22.8 Å². The molecule has 8 heteroatoms. The Bertz CT molecular complexity index is 658. The highest BCUT2D eigenvalue weighted by molar-refractivity contribution is 5.83. The summed E-state index contributed by atoms with van der Waals surface area (Å²) in [5, 5.41) is 5.39. The van der Waals surface area contributed by atoms with Crippen LogP contribution in [-0.2, 0) is 16.1 Å². The highest BCUT2D eigenvalue weighted by atomic mass is 19.3. The zero-order valence-electron chi connectivity index (χ0n) is 14.3. The van der Waals surface area contributed by atoms with E-state index >= 15 is 0 Å². The lowest BCUT2D eigenvalue weighted by atomic mass is 9.95. The number of rotatable bonds is 4.